The van der Waals surface area contributed by atoms with Crippen LogP contribution in [0.2, 0.25) is 0 Å². The molecule has 1 aliphatic heterocycles. The van der Waals surface area contributed by atoms with E-state index in [2.05, 4.69) is 65.7 Å². The second kappa shape index (κ2) is 6.45. The van der Waals surface area contributed by atoms with E-state index in [9.17, 15) is 0 Å². The summed E-state index contributed by atoms with van der Waals surface area (Å²) in [7, 11) is 0. The molecule has 1 atom stereocenters. The SMILES string of the molecule is Cc1ccc(C2=Nn3c(C)nnc3SC2Sc2ccccc2)cc1. The number of aromatic nitrogens is 3. The number of thioether (sulfide) groups is 2. The van der Waals surface area contributed by atoms with Gasteiger partial charge in [-0.25, -0.2) is 0 Å². The van der Waals surface area contributed by atoms with Crippen LogP contribution < -0.4 is 0 Å². The Morgan fingerprint density at radius 1 is 0.958 bits per heavy atom. The van der Waals surface area contributed by atoms with E-state index in [1.165, 1.54) is 10.5 Å². The normalized spacial score (nSPS) is 16.6. The summed E-state index contributed by atoms with van der Waals surface area (Å²) in [4.78, 5) is 1.22. The molecule has 0 bridgehead atoms. The molecule has 0 fully saturated rings. The summed E-state index contributed by atoms with van der Waals surface area (Å²) in [5, 5.41) is 14.1. The number of fused-ring (bicyclic) bond motifs is 1. The van der Waals surface area contributed by atoms with E-state index in [1.54, 1.807) is 23.5 Å². The van der Waals surface area contributed by atoms with Gasteiger partial charge >= 0.3 is 0 Å². The molecule has 4 nitrogen and oxygen atoms in total. The van der Waals surface area contributed by atoms with Crippen LogP contribution in [-0.2, 0) is 0 Å². The van der Waals surface area contributed by atoms with E-state index in [4.69, 9.17) is 5.10 Å². The van der Waals surface area contributed by atoms with Crippen molar-refractivity contribution in [2.24, 2.45) is 5.10 Å². The first-order valence-corrected chi connectivity index (χ1v) is 9.43. The van der Waals surface area contributed by atoms with Crippen LogP contribution in [0, 0.1) is 13.8 Å². The molecule has 0 saturated heterocycles. The van der Waals surface area contributed by atoms with E-state index in [0.29, 0.717) is 0 Å². The van der Waals surface area contributed by atoms with E-state index >= 15 is 0 Å². The van der Waals surface area contributed by atoms with E-state index in [0.717, 1.165) is 22.3 Å². The van der Waals surface area contributed by atoms with Gasteiger partial charge in [-0.3, -0.25) is 0 Å². The molecular formula is C18H16N4S2. The van der Waals surface area contributed by atoms with Gasteiger partial charge in [-0.15, -0.1) is 22.0 Å². The number of rotatable bonds is 3. The van der Waals surface area contributed by atoms with Gasteiger partial charge in [-0.05, 0) is 31.5 Å². The summed E-state index contributed by atoms with van der Waals surface area (Å²) in [6, 6.07) is 18.9. The van der Waals surface area contributed by atoms with Gasteiger partial charge in [0.2, 0.25) is 5.16 Å². The Labute approximate surface area is 149 Å². The lowest BCUT2D eigenvalue weighted by atomic mass is 10.1. The molecule has 6 heteroatoms. The Bertz CT molecular complexity index is 885. The molecule has 0 spiro atoms. The lowest BCUT2D eigenvalue weighted by molar-refractivity contribution is 0.733. The molecule has 0 N–H and O–H groups in total. The maximum Gasteiger partial charge on any atom is 0.213 e. The molecule has 0 radical (unpaired) electrons. The molecule has 24 heavy (non-hydrogen) atoms. The van der Waals surface area contributed by atoms with Gasteiger partial charge in [0.05, 0.1) is 5.71 Å². The summed E-state index contributed by atoms with van der Waals surface area (Å²) in [6.45, 7) is 4.03. The number of hydrogen-bond acceptors (Lipinski definition) is 5. The molecule has 2 aromatic carbocycles. The fraction of sp³-hybridized carbons (Fsp3) is 0.167. The van der Waals surface area contributed by atoms with Crippen LogP contribution in [0.25, 0.3) is 0 Å². The van der Waals surface area contributed by atoms with Gasteiger partial charge in [-0.1, -0.05) is 59.8 Å². The second-order valence-electron chi connectivity index (χ2n) is 5.57. The van der Waals surface area contributed by atoms with Crippen molar-refractivity contribution in [1.82, 2.24) is 14.9 Å². The monoisotopic (exact) mass is 352 g/mol. The third-order valence-corrected chi connectivity index (χ3v) is 6.21. The van der Waals surface area contributed by atoms with Gasteiger partial charge in [0.1, 0.15) is 4.58 Å². The third kappa shape index (κ3) is 2.99. The zero-order chi connectivity index (χ0) is 16.5. The Morgan fingerprint density at radius 3 is 2.46 bits per heavy atom. The highest BCUT2D eigenvalue weighted by atomic mass is 32.2. The molecule has 0 saturated carbocycles. The van der Waals surface area contributed by atoms with Gasteiger partial charge in [-0.2, -0.15) is 9.78 Å². The predicted molar refractivity (Wildman–Crippen MR) is 99.8 cm³/mol. The zero-order valence-corrected chi connectivity index (χ0v) is 15.0. The minimum absolute atomic E-state index is 0.145. The van der Waals surface area contributed by atoms with Crippen LogP contribution in [0.5, 0.6) is 0 Å². The van der Waals surface area contributed by atoms with Crippen LogP contribution in [0.15, 0.2) is 69.8 Å². The van der Waals surface area contributed by atoms with Crippen LogP contribution in [-0.4, -0.2) is 25.2 Å². The van der Waals surface area contributed by atoms with Crippen molar-refractivity contribution in [3.8, 4) is 0 Å². The summed E-state index contributed by atoms with van der Waals surface area (Å²) in [5.41, 5.74) is 3.43. The van der Waals surface area contributed by atoms with Crippen molar-refractivity contribution in [2.45, 2.75) is 28.5 Å². The first-order valence-electron chi connectivity index (χ1n) is 7.67. The number of benzene rings is 2. The Hall–Kier alpha value is -2.05. The van der Waals surface area contributed by atoms with Crippen molar-refractivity contribution < 1.29 is 0 Å². The average Bonchev–Trinajstić information content (AvgIpc) is 2.96. The number of hydrogen-bond donors (Lipinski definition) is 0. The second-order valence-corrected chi connectivity index (χ2v) is 8.12. The quantitative estimate of drug-likeness (QED) is 0.702. The van der Waals surface area contributed by atoms with Crippen LogP contribution in [0.3, 0.4) is 0 Å². The highest BCUT2D eigenvalue weighted by molar-refractivity contribution is 8.18. The molecular weight excluding hydrogens is 336 g/mol. The largest absolute Gasteiger partial charge is 0.213 e. The topological polar surface area (TPSA) is 43.1 Å². The average molecular weight is 352 g/mol. The van der Waals surface area contributed by atoms with Gasteiger partial charge in [0.15, 0.2) is 5.82 Å². The molecule has 2 heterocycles. The lowest BCUT2D eigenvalue weighted by Gasteiger charge is -2.22. The standard InChI is InChI=1S/C18H16N4S2/c1-12-8-10-14(11-9-12)16-17(23-15-6-4-3-5-7-15)24-18-20-19-13(2)22(18)21-16/h3-11,17H,1-2H3. The minimum Gasteiger partial charge on any atom is -0.191 e. The van der Waals surface area contributed by atoms with Crippen LogP contribution in [0.4, 0.5) is 0 Å². The highest BCUT2D eigenvalue weighted by Crippen LogP contribution is 2.40. The minimum atomic E-state index is 0.145. The molecule has 1 aliphatic rings. The zero-order valence-electron chi connectivity index (χ0n) is 13.4. The molecule has 3 aromatic rings. The number of nitrogens with zero attached hydrogens (tertiary/aromatic N) is 4. The lowest BCUT2D eigenvalue weighted by Crippen LogP contribution is -2.22. The fourth-order valence-electron chi connectivity index (χ4n) is 2.45. The molecule has 1 aromatic heterocycles. The summed E-state index contributed by atoms with van der Waals surface area (Å²) < 4.78 is 1.98. The van der Waals surface area contributed by atoms with E-state index in [1.807, 2.05) is 17.7 Å². The Morgan fingerprint density at radius 2 is 1.71 bits per heavy atom. The van der Waals surface area contributed by atoms with Gasteiger partial charge in [0.25, 0.3) is 0 Å². The van der Waals surface area contributed by atoms with Gasteiger partial charge in [0, 0.05) is 4.90 Å². The summed E-state index contributed by atoms with van der Waals surface area (Å²) in [6.07, 6.45) is 0. The molecule has 1 unspecified atom stereocenters. The van der Waals surface area contributed by atoms with Crippen molar-refractivity contribution in [3.05, 3.63) is 71.5 Å². The molecule has 4 rings (SSSR count). The Kier molecular flexibility index (Phi) is 4.16. The van der Waals surface area contributed by atoms with Crippen molar-refractivity contribution in [3.63, 3.8) is 0 Å². The Balaban J connectivity index is 1.75. The predicted octanol–water partition coefficient (Wildman–Crippen LogP) is 4.37. The van der Waals surface area contributed by atoms with Gasteiger partial charge < -0.3 is 0 Å². The van der Waals surface area contributed by atoms with Crippen molar-refractivity contribution in [1.29, 1.82) is 0 Å². The van der Waals surface area contributed by atoms with Crippen LogP contribution >= 0.6 is 23.5 Å². The molecule has 0 aliphatic carbocycles. The van der Waals surface area contributed by atoms with E-state index < -0.39 is 0 Å². The van der Waals surface area contributed by atoms with Crippen LogP contribution in [0.1, 0.15) is 17.0 Å². The maximum absolute atomic E-state index is 4.85. The molecule has 0 amide bonds. The summed E-state index contributed by atoms with van der Waals surface area (Å²) in [5.74, 6) is 0.810. The van der Waals surface area contributed by atoms with E-state index in [-0.39, 0.29) is 4.58 Å². The highest BCUT2D eigenvalue weighted by Gasteiger charge is 2.28. The fourth-order valence-corrected chi connectivity index (χ4v) is 4.94. The van der Waals surface area contributed by atoms with Crippen molar-refractivity contribution in [2.75, 3.05) is 0 Å². The summed E-state index contributed by atoms with van der Waals surface area (Å²) >= 11 is 3.50. The first kappa shape index (κ1) is 15.5. The third-order valence-electron chi connectivity index (χ3n) is 3.75. The number of aryl methyl sites for hydroxylation is 2. The molecule has 120 valence electrons. The van der Waals surface area contributed by atoms with Crippen molar-refractivity contribution >= 4 is 29.2 Å². The first-order chi connectivity index (χ1) is 11.7. The maximum atomic E-state index is 4.85. The smallest absolute Gasteiger partial charge is 0.191 e.